The lowest BCUT2D eigenvalue weighted by Gasteiger charge is -2.17. The summed E-state index contributed by atoms with van der Waals surface area (Å²) in [4.78, 5) is 11.8. The molecule has 108 valence electrons. The van der Waals surface area contributed by atoms with Crippen molar-refractivity contribution in [3.8, 4) is 5.75 Å². The highest BCUT2D eigenvalue weighted by Gasteiger charge is 2.11. The zero-order chi connectivity index (χ0) is 14.5. The van der Waals surface area contributed by atoms with E-state index in [2.05, 4.69) is 5.32 Å². The molecule has 1 N–H and O–H groups in total. The zero-order valence-electron chi connectivity index (χ0n) is 11.7. The van der Waals surface area contributed by atoms with Crippen LogP contribution < -0.4 is 10.1 Å². The molecule has 4 nitrogen and oxygen atoms in total. The van der Waals surface area contributed by atoms with Gasteiger partial charge < -0.3 is 14.8 Å². The van der Waals surface area contributed by atoms with E-state index in [0.29, 0.717) is 18.9 Å². The van der Waals surface area contributed by atoms with E-state index in [1.807, 2.05) is 42.5 Å². The van der Waals surface area contributed by atoms with Gasteiger partial charge in [-0.25, -0.2) is 4.79 Å². The molecule has 0 aliphatic carbocycles. The van der Waals surface area contributed by atoms with Crippen molar-refractivity contribution in [1.29, 1.82) is 0 Å². The first-order valence-electron chi connectivity index (χ1n) is 7.00. The number of benzene rings is 2. The molecule has 1 amide bonds. The maximum absolute atomic E-state index is 11.8. The van der Waals surface area contributed by atoms with Gasteiger partial charge in [0.2, 0.25) is 0 Å². The Morgan fingerprint density at radius 2 is 2.00 bits per heavy atom. The van der Waals surface area contributed by atoms with E-state index in [-0.39, 0.29) is 0 Å². The van der Waals surface area contributed by atoms with Gasteiger partial charge in [-0.15, -0.1) is 0 Å². The van der Waals surface area contributed by atoms with Gasteiger partial charge in [0.15, 0.2) is 0 Å². The van der Waals surface area contributed by atoms with Crippen LogP contribution in [0.3, 0.4) is 0 Å². The number of hydrogen-bond acceptors (Lipinski definition) is 3. The van der Waals surface area contributed by atoms with Crippen molar-refractivity contribution in [3.63, 3.8) is 0 Å². The lowest BCUT2D eigenvalue weighted by Crippen LogP contribution is -2.26. The summed E-state index contributed by atoms with van der Waals surface area (Å²) in [6, 6.07) is 15.4. The molecular weight excluding hydrogens is 266 g/mol. The van der Waals surface area contributed by atoms with Crippen LogP contribution >= 0.6 is 0 Å². The van der Waals surface area contributed by atoms with Crippen LogP contribution in [0.15, 0.2) is 48.5 Å². The first kappa shape index (κ1) is 13.6. The number of ether oxygens (including phenoxy) is 2. The van der Waals surface area contributed by atoms with Crippen molar-refractivity contribution in [2.45, 2.75) is 19.6 Å². The van der Waals surface area contributed by atoms with Crippen LogP contribution in [0, 0.1) is 0 Å². The Kier molecular flexibility index (Phi) is 4.17. The van der Waals surface area contributed by atoms with Gasteiger partial charge in [0, 0.05) is 6.54 Å². The fraction of sp³-hybridized carbons (Fsp3) is 0.235. The van der Waals surface area contributed by atoms with Gasteiger partial charge >= 0.3 is 6.09 Å². The summed E-state index contributed by atoms with van der Waals surface area (Å²) in [6.45, 7) is 1.81. The van der Waals surface area contributed by atoms with Crippen LogP contribution in [0.5, 0.6) is 5.75 Å². The SMILES string of the molecule is O=C(NCc1ccccc1)Oc1ccc2c(c1)CCOC2. The highest BCUT2D eigenvalue weighted by molar-refractivity contribution is 5.70. The van der Waals surface area contributed by atoms with E-state index >= 15 is 0 Å². The number of carbonyl (C=O) groups excluding carboxylic acids is 1. The van der Waals surface area contributed by atoms with E-state index in [9.17, 15) is 4.79 Å². The minimum absolute atomic E-state index is 0.439. The Bertz CT molecular complexity index is 625. The van der Waals surface area contributed by atoms with Gasteiger partial charge in [-0.1, -0.05) is 36.4 Å². The number of rotatable bonds is 3. The number of nitrogens with one attached hydrogen (secondary N) is 1. The van der Waals surface area contributed by atoms with Gasteiger partial charge in [-0.3, -0.25) is 0 Å². The maximum Gasteiger partial charge on any atom is 0.412 e. The third-order valence-corrected chi connectivity index (χ3v) is 3.44. The van der Waals surface area contributed by atoms with Gasteiger partial charge in [-0.05, 0) is 35.2 Å². The molecule has 0 saturated heterocycles. The lowest BCUT2D eigenvalue weighted by atomic mass is 10.0. The fourth-order valence-electron chi connectivity index (χ4n) is 2.32. The van der Waals surface area contributed by atoms with Crippen molar-refractivity contribution >= 4 is 6.09 Å². The topological polar surface area (TPSA) is 47.6 Å². The predicted molar refractivity (Wildman–Crippen MR) is 79.1 cm³/mol. The van der Waals surface area contributed by atoms with Crippen molar-refractivity contribution < 1.29 is 14.3 Å². The molecule has 0 unspecified atom stereocenters. The van der Waals surface area contributed by atoms with E-state index in [4.69, 9.17) is 9.47 Å². The van der Waals surface area contributed by atoms with Crippen LogP contribution in [0.2, 0.25) is 0 Å². The van der Waals surface area contributed by atoms with Gasteiger partial charge in [0.1, 0.15) is 5.75 Å². The van der Waals surface area contributed by atoms with Gasteiger partial charge in [0.05, 0.1) is 13.2 Å². The predicted octanol–water partition coefficient (Wildman–Crippen LogP) is 3.05. The van der Waals surface area contributed by atoms with Crippen molar-refractivity contribution in [3.05, 3.63) is 65.2 Å². The minimum atomic E-state index is -0.439. The molecule has 2 aromatic rings. The molecule has 0 aromatic heterocycles. The molecule has 0 radical (unpaired) electrons. The first-order valence-corrected chi connectivity index (χ1v) is 7.00. The third-order valence-electron chi connectivity index (χ3n) is 3.44. The summed E-state index contributed by atoms with van der Waals surface area (Å²) in [5.74, 6) is 0.571. The summed E-state index contributed by atoms with van der Waals surface area (Å²) in [5.41, 5.74) is 3.39. The summed E-state index contributed by atoms with van der Waals surface area (Å²) >= 11 is 0. The standard InChI is InChI=1S/C17H17NO3/c19-17(18-11-13-4-2-1-3-5-13)21-16-7-6-15-12-20-9-8-14(15)10-16/h1-7,10H,8-9,11-12H2,(H,18,19). The molecular formula is C17H17NO3. The van der Waals surface area contributed by atoms with Crippen molar-refractivity contribution in [2.24, 2.45) is 0 Å². The monoisotopic (exact) mass is 283 g/mol. The highest BCUT2D eigenvalue weighted by atomic mass is 16.6. The maximum atomic E-state index is 11.8. The smallest absolute Gasteiger partial charge is 0.410 e. The molecule has 3 rings (SSSR count). The van der Waals surface area contributed by atoms with Crippen LogP contribution in [0.4, 0.5) is 4.79 Å². The van der Waals surface area contributed by atoms with Crippen LogP contribution in [0.1, 0.15) is 16.7 Å². The van der Waals surface area contributed by atoms with Crippen LogP contribution in [0.25, 0.3) is 0 Å². The zero-order valence-corrected chi connectivity index (χ0v) is 11.7. The molecule has 1 heterocycles. The van der Waals surface area contributed by atoms with Crippen LogP contribution in [-0.4, -0.2) is 12.7 Å². The van der Waals surface area contributed by atoms with Crippen molar-refractivity contribution in [1.82, 2.24) is 5.32 Å². The molecule has 1 aliphatic heterocycles. The first-order chi connectivity index (χ1) is 10.3. The van der Waals surface area contributed by atoms with E-state index < -0.39 is 6.09 Å². The Morgan fingerprint density at radius 1 is 1.14 bits per heavy atom. The fourth-order valence-corrected chi connectivity index (χ4v) is 2.32. The lowest BCUT2D eigenvalue weighted by molar-refractivity contribution is 0.110. The molecule has 1 aliphatic rings. The normalized spacial score (nSPS) is 13.3. The molecule has 0 fully saturated rings. The van der Waals surface area contributed by atoms with Crippen LogP contribution in [-0.2, 0) is 24.3 Å². The summed E-state index contributed by atoms with van der Waals surface area (Å²) in [5, 5.41) is 2.74. The third kappa shape index (κ3) is 3.61. The van der Waals surface area contributed by atoms with E-state index in [0.717, 1.165) is 18.6 Å². The molecule has 0 atom stereocenters. The average molecular weight is 283 g/mol. The summed E-state index contributed by atoms with van der Waals surface area (Å²) < 4.78 is 10.7. The Balaban J connectivity index is 1.57. The number of hydrogen-bond donors (Lipinski definition) is 1. The Hall–Kier alpha value is -2.33. The molecule has 0 spiro atoms. The Labute approximate surface area is 123 Å². The molecule has 21 heavy (non-hydrogen) atoms. The molecule has 0 bridgehead atoms. The average Bonchev–Trinajstić information content (AvgIpc) is 2.54. The number of carbonyl (C=O) groups is 1. The number of amides is 1. The van der Waals surface area contributed by atoms with Gasteiger partial charge in [-0.2, -0.15) is 0 Å². The molecule has 2 aromatic carbocycles. The molecule has 0 saturated carbocycles. The quantitative estimate of drug-likeness (QED) is 0.941. The second-order valence-corrected chi connectivity index (χ2v) is 4.96. The minimum Gasteiger partial charge on any atom is -0.410 e. The van der Waals surface area contributed by atoms with E-state index in [1.54, 1.807) is 6.07 Å². The molecule has 4 heteroatoms. The largest absolute Gasteiger partial charge is 0.412 e. The summed E-state index contributed by atoms with van der Waals surface area (Å²) in [7, 11) is 0. The second kappa shape index (κ2) is 6.41. The van der Waals surface area contributed by atoms with Crippen molar-refractivity contribution in [2.75, 3.05) is 6.61 Å². The van der Waals surface area contributed by atoms with Gasteiger partial charge in [0.25, 0.3) is 0 Å². The van der Waals surface area contributed by atoms with E-state index in [1.165, 1.54) is 11.1 Å². The number of fused-ring (bicyclic) bond motifs is 1. The Morgan fingerprint density at radius 3 is 2.86 bits per heavy atom. The summed E-state index contributed by atoms with van der Waals surface area (Å²) in [6.07, 6.45) is 0.420. The second-order valence-electron chi connectivity index (χ2n) is 4.96. The highest BCUT2D eigenvalue weighted by Crippen LogP contribution is 2.22.